The molecule has 122 valence electrons. The van der Waals surface area contributed by atoms with Gasteiger partial charge in [-0.2, -0.15) is 5.26 Å². The molecule has 0 aromatic heterocycles. The Morgan fingerprint density at radius 2 is 2.00 bits per heavy atom. The number of hydrogen-bond donors (Lipinski definition) is 1. The standard InChI is InChI=1S/C17H19ClN2O3/c18-13-8-12(9-14-15(13)23-7-3-6-22-14)10-20-16(21)17(11-19)4-1-2-5-17/h8-9H,1-7,10H2,(H,20,21). The topological polar surface area (TPSA) is 71.4 Å². The summed E-state index contributed by atoms with van der Waals surface area (Å²) in [5.74, 6) is 0.972. The van der Waals surface area contributed by atoms with Gasteiger partial charge < -0.3 is 14.8 Å². The van der Waals surface area contributed by atoms with Gasteiger partial charge in [-0.15, -0.1) is 0 Å². The van der Waals surface area contributed by atoms with Crippen molar-refractivity contribution >= 4 is 17.5 Å². The number of nitrogens with one attached hydrogen (secondary N) is 1. The summed E-state index contributed by atoms with van der Waals surface area (Å²) in [6.07, 6.45) is 3.93. The van der Waals surface area contributed by atoms with Crippen LogP contribution in [0.4, 0.5) is 0 Å². The number of fused-ring (bicyclic) bond motifs is 1. The van der Waals surface area contributed by atoms with Gasteiger partial charge in [-0.25, -0.2) is 0 Å². The van der Waals surface area contributed by atoms with E-state index in [4.69, 9.17) is 21.1 Å². The first-order valence-electron chi connectivity index (χ1n) is 7.92. The molecule has 1 N–H and O–H groups in total. The van der Waals surface area contributed by atoms with E-state index in [-0.39, 0.29) is 5.91 Å². The zero-order valence-electron chi connectivity index (χ0n) is 12.9. The molecule has 0 atom stereocenters. The van der Waals surface area contributed by atoms with Crippen molar-refractivity contribution < 1.29 is 14.3 Å². The Morgan fingerprint density at radius 3 is 2.74 bits per heavy atom. The smallest absolute Gasteiger partial charge is 0.240 e. The minimum Gasteiger partial charge on any atom is -0.489 e. The second-order valence-corrected chi connectivity index (χ2v) is 6.45. The van der Waals surface area contributed by atoms with Crippen molar-refractivity contribution in [1.82, 2.24) is 5.32 Å². The molecular weight excluding hydrogens is 316 g/mol. The Kier molecular flexibility index (Phi) is 4.63. The third-order valence-electron chi connectivity index (χ3n) is 4.42. The van der Waals surface area contributed by atoms with E-state index >= 15 is 0 Å². The molecule has 1 aliphatic heterocycles. The van der Waals surface area contributed by atoms with Crippen molar-refractivity contribution in [1.29, 1.82) is 5.26 Å². The maximum Gasteiger partial charge on any atom is 0.240 e. The van der Waals surface area contributed by atoms with Crippen LogP contribution in [-0.2, 0) is 11.3 Å². The number of rotatable bonds is 3. The van der Waals surface area contributed by atoms with Crippen LogP contribution < -0.4 is 14.8 Å². The highest BCUT2D eigenvalue weighted by molar-refractivity contribution is 6.32. The molecule has 0 radical (unpaired) electrons. The molecule has 2 aliphatic rings. The van der Waals surface area contributed by atoms with Gasteiger partial charge in [0.05, 0.1) is 24.3 Å². The lowest BCUT2D eigenvalue weighted by atomic mass is 9.87. The van der Waals surface area contributed by atoms with Crippen LogP contribution in [0.1, 0.15) is 37.7 Å². The first-order valence-corrected chi connectivity index (χ1v) is 8.30. The molecule has 23 heavy (non-hydrogen) atoms. The van der Waals surface area contributed by atoms with Gasteiger partial charge in [0.1, 0.15) is 5.41 Å². The summed E-state index contributed by atoms with van der Waals surface area (Å²) in [6, 6.07) is 5.80. The van der Waals surface area contributed by atoms with Crippen LogP contribution in [0.5, 0.6) is 11.5 Å². The molecule has 0 spiro atoms. The van der Waals surface area contributed by atoms with Crippen molar-refractivity contribution in [3.05, 3.63) is 22.7 Å². The van der Waals surface area contributed by atoms with E-state index in [1.165, 1.54) is 0 Å². The summed E-state index contributed by atoms with van der Waals surface area (Å²) >= 11 is 6.25. The molecule has 1 fully saturated rings. The lowest BCUT2D eigenvalue weighted by molar-refractivity contribution is -0.128. The quantitative estimate of drug-likeness (QED) is 0.921. The second kappa shape index (κ2) is 6.67. The molecule has 1 aliphatic carbocycles. The highest BCUT2D eigenvalue weighted by Gasteiger charge is 2.41. The van der Waals surface area contributed by atoms with E-state index in [1.807, 2.05) is 6.07 Å². The molecule has 1 heterocycles. The molecule has 0 unspecified atom stereocenters. The Morgan fingerprint density at radius 1 is 1.26 bits per heavy atom. The fourth-order valence-corrected chi connectivity index (χ4v) is 3.39. The minimum atomic E-state index is -0.866. The van der Waals surface area contributed by atoms with E-state index < -0.39 is 5.41 Å². The van der Waals surface area contributed by atoms with Crippen LogP contribution >= 0.6 is 11.6 Å². The molecule has 0 saturated heterocycles. The number of amides is 1. The monoisotopic (exact) mass is 334 g/mol. The zero-order chi connectivity index (χ0) is 16.3. The van der Waals surface area contributed by atoms with E-state index in [2.05, 4.69) is 11.4 Å². The van der Waals surface area contributed by atoms with Crippen LogP contribution in [0.15, 0.2) is 12.1 Å². The van der Waals surface area contributed by atoms with Crippen molar-refractivity contribution in [2.24, 2.45) is 5.41 Å². The number of nitriles is 1. The lowest BCUT2D eigenvalue weighted by Gasteiger charge is -2.19. The molecule has 1 amide bonds. The van der Waals surface area contributed by atoms with Crippen LogP contribution in [0.3, 0.4) is 0 Å². The number of carbonyl (C=O) groups is 1. The Hall–Kier alpha value is -1.93. The van der Waals surface area contributed by atoms with Crippen LogP contribution in [-0.4, -0.2) is 19.1 Å². The highest BCUT2D eigenvalue weighted by atomic mass is 35.5. The maximum atomic E-state index is 12.4. The first kappa shape index (κ1) is 15.9. The van der Waals surface area contributed by atoms with Crippen LogP contribution in [0, 0.1) is 16.7 Å². The predicted molar refractivity (Wildman–Crippen MR) is 85.4 cm³/mol. The number of nitrogens with zero attached hydrogens (tertiary/aromatic N) is 1. The summed E-state index contributed by atoms with van der Waals surface area (Å²) in [4.78, 5) is 12.4. The predicted octanol–water partition coefficient (Wildman–Crippen LogP) is 3.20. The Labute approximate surface area is 140 Å². The summed E-state index contributed by atoms with van der Waals surface area (Å²) in [7, 11) is 0. The van der Waals surface area contributed by atoms with Gasteiger partial charge >= 0.3 is 0 Å². The molecule has 3 rings (SSSR count). The summed E-state index contributed by atoms with van der Waals surface area (Å²) in [5.41, 5.74) is -0.0339. The van der Waals surface area contributed by atoms with Crippen molar-refractivity contribution in [3.8, 4) is 17.6 Å². The van der Waals surface area contributed by atoms with Gasteiger partial charge in [0, 0.05) is 13.0 Å². The van der Waals surface area contributed by atoms with E-state index in [0.29, 0.717) is 49.1 Å². The maximum absolute atomic E-state index is 12.4. The third kappa shape index (κ3) is 3.23. The van der Waals surface area contributed by atoms with E-state index in [9.17, 15) is 10.1 Å². The highest BCUT2D eigenvalue weighted by Crippen LogP contribution is 2.39. The zero-order valence-corrected chi connectivity index (χ0v) is 13.6. The second-order valence-electron chi connectivity index (χ2n) is 6.04. The lowest BCUT2D eigenvalue weighted by Crippen LogP contribution is -2.37. The SMILES string of the molecule is N#CC1(C(=O)NCc2cc(Cl)c3c(c2)OCCCO3)CCCC1. The average molecular weight is 335 g/mol. The van der Waals surface area contributed by atoms with Gasteiger partial charge in [-0.3, -0.25) is 4.79 Å². The van der Waals surface area contributed by atoms with Crippen molar-refractivity contribution in [2.45, 2.75) is 38.6 Å². The van der Waals surface area contributed by atoms with Gasteiger partial charge in [0.25, 0.3) is 0 Å². The average Bonchev–Trinajstić information content (AvgIpc) is 2.92. The molecule has 1 saturated carbocycles. The largest absolute Gasteiger partial charge is 0.489 e. The molecule has 5 nitrogen and oxygen atoms in total. The molecule has 6 heteroatoms. The van der Waals surface area contributed by atoms with Crippen LogP contribution in [0.2, 0.25) is 5.02 Å². The fourth-order valence-electron chi connectivity index (χ4n) is 3.11. The fraction of sp³-hybridized carbons (Fsp3) is 0.529. The summed E-state index contributed by atoms with van der Waals surface area (Å²) in [5, 5.41) is 12.7. The third-order valence-corrected chi connectivity index (χ3v) is 4.70. The minimum absolute atomic E-state index is 0.194. The number of ether oxygens (including phenoxy) is 2. The van der Waals surface area contributed by atoms with E-state index in [0.717, 1.165) is 24.8 Å². The Bertz CT molecular complexity index is 648. The van der Waals surface area contributed by atoms with Gasteiger partial charge in [0.15, 0.2) is 11.5 Å². The first-order chi connectivity index (χ1) is 11.1. The van der Waals surface area contributed by atoms with Gasteiger partial charge in [-0.05, 0) is 30.5 Å². The molecule has 0 bridgehead atoms. The van der Waals surface area contributed by atoms with Crippen LogP contribution in [0.25, 0.3) is 0 Å². The molecule has 1 aromatic carbocycles. The Balaban J connectivity index is 1.71. The van der Waals surface area contributed by atoms with Gasteiger partial charge in [0.2, 0.25) is 5.91 Å². The number of benzene rings is 1. The number of hydrogen-bond acceptors (Lipinski definition) is 4. The summed E-state index contributed by atoms with van der Waals surface area (Å²) < 4.78 is 11.2. The van der Waals surface area contributed by atoms with Gasteiger partial charge in [-0.1, -0.05) is 24.4 Å². The number of carbonyl (C=O) groups excluding carboxylic acids is 1. The van der Waals surface area contributed by atoms with Crippen molar-refractivity contribution in [2.75, 3.05) is 13.2 Å². The van der Waals surface area contributed by atoms with Crippen molar-refractivity contribution in [3.63, 3.8) is 0 Å². The molecular formula is C17H19ClN2O3. The number of halogens is 1. The molecule has 1 aromatic rings. The summed E-state index contributed by atoms with van der Waals surface area (Å²) in [6.45, 7) is 1.48. The normalized spacial score (nSPS) is 18.8. The van der Waals surface area contributed by atoms with E-state index in [1.54, 1.807) is 6.07 Å².